The van der Waals surface area contributed by atoms with Gasteiger partial charge in [0.1, 0.15) is 7.51 Å². The molecule has 13 heavy (non-hydrogen) atoms. The summed E-state index contributed by atoms with van der Waals surface area (Å²) in [7, 11) is 11.2. The second-order valence-corrected chi connectivity index (χ2v) is 8.09. The van der Waals surface area contributed by atoms with E-state index in [9.17, 15) is 0 Å². The molecular formula is C6H18N4P2S. The second kappa shape index (κ2) is 5.50. The second-order valence-electron chi connectivity index (χ2n) is 3.25. The Hall–Kier alpha value is 0.630. The molecule has 0 rings (SSSR count). The highest BCUT2D eigenvalue weighted by atomic mass is 32.4. The topological polar surface area (TPSA) is 22.1 Å². The van der Waals surface area contributed by atoms with Crippen molar-refractivity contribution >= 4 is 26.8 Å². The van der Waals surface area contributed by atoms with Gasteiger partial charge < -0.3 is 0 Å². The van der Waals surface area contributed by atoms with Gasteiger partial charge in [-0.3, -0.25) is 14.0 Å². The molecule has 0 N–H and O–H groups in total. The van der Waals surface area contributed by atoms with E-state index in [0.29, 0.717) is 7.51 Å². The van der Waals surface area contributed by atoms with E-state index in [4.69, 9.17) is 11.8 Å². The lowest BCUT2D eigenvalue weighted by molar-refractivity contribution is 0.476. The number of hydrogen-bond acceptors (Lipinski definition) is 1. The van der Waals surface area contributed by atoms with Gasteiger partial charge in [-0.25, -0.2) is 0 Å². The van der Waals surface area contributed by atoms with Crippen molar-refractivity contribution in [2.75, 3.05) is 42.3 Å². The predicted octanol–water partition coefficient (Wildman–Crippen LogP) is 1.94. The Balaban J connectivity index is 5.32. The van der Waals surface area contributed by atoms with Crippen LogP contribution in [0.3, 0.4) is 0 Å². The molecule has 0 heterocycles. The Morgan fingerprint density at radius 1 is 0.923 bits per heavy atom. The first-order valence-electron chi connectivity index (χ1n) is 3.87. The van der Waals surface area contributed by atoms with Crippen molar-refractivity contribution < 1.29 is 0 Å². The van der Waals surface area contributed by atoms with E-state index in [1.165, 1.54) is 0 Å². The van der Waals surface area contributed by atoms with Gasteiger partial charge in [0.2, 0.25) is 0 Å². The molecule has 0 bridgehead atoms. The lowest BCUT2D eigenvalue weighted by Crippen LogP contribution is -2.30. The maximum Gasteiger partial charge on any atom is 0.176 e. The first-order chi connectivity index (χ1) is 5.89. The Bertz CT molecular complexity index is 198. The molecule has 4 nitrogen and oxygen atoms in total. The van der Waals surface area contributed by atoms with Crippen molar-refractivity contribution in [1.82, 2.24) is 14.0 Å². The van der Waals surface area contributed by atoms with Crippen LogP contribution in [-0.4, -0.2) is 56.3 Å². The fourth-order valence-electron chi connectivity index (χ4n) is 1.36. The monoisotopic (exact) mass is 240 g/mol. The molecule has 0 unspecified atom stereocenters. The number of hydrogen-bond donors (Lipinski definition) is 0. The standard InChI is InChI=1S/C6H18N4P2S/c1-8(2)12(7-11-13,9(3)4)10(5)6/h1-6H3. The minimum atomic E-state index is -1.70. The van der Waals surface area contributed by atoms with Gasteiger partial charge in [0.05, 0.1) is 0 Å². The summed E-state index contributed by atoms with van der Waals surface area (Å²) in [4.78, 5) is 0. The van der Waals surface area contributed by atoms with Crippen LogP contribution in [0.15, 0.2) is 4.52 Å². The minimum Gasteiger partial charge on any atom is -0.251 e. The molecule has 0 atom stereocenters. The van der Waals surface area contributed by atoms with Gasteiger partial charge in [-0.1, -0.05) is 0 Å². The first-order valence-corrected chi connectivity index (χ1v) is 7.33. The SMILES string of the molecule is CN(C)P(=NP=S)(N(C)C)N(C)C. The third kappa shape index (κ3) is 2.79. The number of rotatable bonds is 4. The van der Waals surface area contributed by atoms with Crippen molar-refractivity contribution in [3.8, 4) is 0 Å². The van der Waals surface area contributed by atoms with Crippen LogP contribution in [-0.2, 0) is 11.8 Å². The molecule has 0 amide bonds. The predicted molar refractivity (Wildman–Crippen MR) is 64.7 cm³/mol. The molecule has 0 aliphatic carbocycles. The fourth-order valence-corrected chi connectivity index (χ4v) is 6.70. The molecule has 0 aliphatic heterocycles. The maximum atomic E-state index is 4.91. The zero-order valence-electron chi connectivity index (χ0n) is 9.09. The van der Waals surface area contributed by atoms with Crippen molar-refractivity contribution in [1.29, 1.82) is 0 Å². The van der Waals surface area contributed by atoms with Gasteiger partial charge in [-0.05, 0) is 54.1 Å². The van der Waals surface area contributed by atoms with Crippen LogP contribution in [0.2, 0.25) is 0 Å². The smallest absolute Gasteiger partial charge is 0.176 e. The Kier molecular flexibility index (Phi) is 5.76. The lowest BCUT2D eigenvalue weighted by atomic mass is 11.2. The summed E-state index contributed by atoms with van der Waals surface area (Å²) < 4.78 is 11.0. The molecule has 0 spiro atoms. The van der Waals surface area contributed by atoms with E-state index < -0.39 is 7.51 Å². The molecule has 0 fully saturated rings. The third-order valence-corrected chi connectivity index (χ3v) is 6.90. The number of nitrogens with zero attached hydrogens (tertiary/aromatic N) is 4. The van der Waals surface area contributed by atoms with Crippen LogP contribution < -0.4 is 0 Å². The summed E-state index contributed by atoms with van der Waals surface area (Å²) in [5.41, 5.74) is 0. The van der Waals surface area contributed by atoms with Gasteiger partial charge in [-0.2, -0.15) is 4.52 Å². The Labute approximate surface area is 88.0 Å². The van der Waals surface area contributed by atoms with Crippen LogP contribution >= 0.6 is 15.0 Å². The molecule has 0 aromatic heterocycles. The van der Waals surface area contributed by atoms with Crippen LogP contribution in [0, 0.1) is 0 Å². The third-order valence-electron chi connectivity index (χ3n) is 1.77. The minimum absolute atomic E-state index is 0.673. The Morgan fingerprint density at radius 2 is 1.23 bits per heavy atom. The van der Waals surface area contributed by atoms with Crippen LogP contribution in [0.5, 0.6) is 0 Å². The summed E-state index contributed by atoms with van der Waals surface area (Å²) in [6, 6.07) is 0. The average Bonchev–Trinajstić information content (AvgIpc) is 1.97. The molecule has 7 heteroatoms. The van der Waals surface area contributed by atoms with E-state index in [-0.39, 0.29) is 0 Å². The van der Waals surface area contributed by atoms with Crippen LogP contribution in [0.1, 0.15) is 0 Å². The van der Waals surface area contributed by atoms with Crippen LogP contribution in [0.25, 0.3) is 0 Å². The highest BCUT2D eigenvalue weighted by Gasteiger charge is 2.27. The molecule has 0 aliphatic rings. The first kappa shape index (κ1) is 13.6. The molecule has 0 saturated heterocycles. The molecule has 0 radical (unpaired) electrons. The highest BCUT2D eigenvalue weighted by molar-refractivity contribution is 7.97. The molecule has 0 aromatic rings. The van der Waals surface area contributed by atoms with Crippen molar-refractivity contribution in [2.45, 2.75) is 0 Å². The normalized spacial score (nSPS) is 13.3. The summed E-state index contributed by atoms with van der Waals surface area (Å²) in [5, 5.41) is 0. The summed E-state index contributed by atoms with van der Waals surface area (Å²) in [6.45, 7) is 0. The van der Waals surface area contributed by atoms with Crippen molar-refractivity contribution in [3.63, 3.8) is 0 Å². The Morgan fingerprint density at radius 3 is 1.31 bits per heavy atom. The van der Waals surface area contributed by atoms with E-state index >= 15 is 0 Å². The average molecular weight is 240 g/mol. The van der Waals surface area contributed by atoms with Gasteiger partial charge in [0.15, 0.2) is 7.51 Å². The van der Waals surface area contributed by atoms with Crippen molar-refractivity contribution in [2.24, 2.45) is 4.52 Å². The summed E-state index contributed by atoms with van der Waals surface area (Å²) >= 11 is 4.91. The molecule has 0 aromatic carbocycles. The zero-order chi connectivity index (χ0) is 10.6. The molecule has 78 valence electrons. The molecular weight excluding hydrogens is 222 g/mol. The van der Waals surface area contributed by atoms with E-state index in [1.54, 1.807) is 0 Å². The largest absolute Gasteiger partial charge is 0.251 e. The fraction of sp³-hybridized carbons (Fsp3) is 1.00. The van der Waals surface area contributed by atoms with E-state index in [2.05, 4.69) is 18.5 Å². The summed E-state index contributed by atoms with van der Waals surface area (Å²) in [6.07, 6.45) is 0. The lowest BCUT2D eigenvalue weighted by Gasteiger charge is -2.40. The van der Waals surface area contributed by atoms with Gasteiger partial charge in [0, 0.05) is 0 Å². The van der Waals surface area contributed by atoms with Gasteiger partial charge in [-0.15, -0.1) is 0 Å². The van der Waals surface area contributed by atoms with Gasteiger partial charge >= 0.3 is 0 Å². The summed E-state index contributed by atoms with van der Waals surface area (Å²) in [5.74, 6) is 0. The van der Waals surface area contributed by atoms with E-state index in [1.807, 2.05) is 42.3 Å². The van der Waals surface area contributed by atoms with Crippen molar-refractivity contribution in [3.05, 3.63) is 0 Å². The molecule has 0 saturated carbocycles. The van der Waals surface area contributed by atoms with Crippen LogP contribution in [0.4, 0.5) is 0 Å². The zero-order valence-corrected chi connectivity index (χ0v) is 11.7. The van der Waals surface area contributed by atoms with Gasteiger partial charge in [0.25, 0.3) is 0 Å². The highest BCUT2D eigenvalue weighted by Crippen LogP contribution is 2.56. The maximum absolute atomic E-state index is 4.91. The van der Waals surface area contributed by atoms with E-state index in [0.717, 1.165) is 0 Å². The quantitative estimate of drug-likeness (QED) is 0.700.